The van der Waals surface area contributed by atoms with Crippen molar-refractivity contribution in [3.63, 3.8) is 0 Å². The van der Waals surface area contributed by atoms with Gasteiger partial charge in [-0.2, -0.15) is 0 Å². The second-order valence-corrected chi connectivity index (χ2v) is 9.02. The SMILES string of the molecule is Cc1cccc(C(=O)NCc2nnc(SCC(=O)Nc3nnc(C4CC4)s3)n2C)c1. The monoisotopic (exact) mass is 443 g/mol. The summed E-state index contributed by atoms with van der Waals surface area (Å²) in [4.78, 5) is 24.5. The molecule has 2 amide bonds. The summed E-state index contributed by atoms with van der Waals surface area (Å²) in [6.45, 7) is 2.19. The van der Waals surface area contributed by atoms with Gasteiger partial charge >= 0.3 is 0 Å². The Morgan fingerprint density at radius 1 is 1.23 bits per heavy atom. The number of nitrogens with zero attached hydrogens (tertiary/aromatic N) is 5. The van der Waals surface area contributed by atoms with Gasteiger partial charge in [0.05, 0.1) is 12.3 Å². The van der Waals surface area contributed by atoms with E-state index in [-0.39, 0.29) is 24.1 Å². The highest BCUT2D eigenvalue weighted by molar-refractivity contribution is 7.99. The minimum absolute atomic E-state index is 0.169. The van der Waals surface area contributed by atoms with Crippen LogP contribution in [0.25, 0.3) is 0 Å². The van der Waals surface area contributed by atoms with E-state index in [0.29, 0.717) is 27.6 Å². The van der Waals surface area contributed by atoms with Crippen molar-refractivity contribution in [3.05, 3.63) is 46.2 Å². The van der Waals surface area contributed by atoms with Crippen molar-refractivity contribution >= 4 is 40.0 Å². The average Bonchev–Trinajstić information content (AvgIpc) is 3.38. The van der Waals surface area contributed by atoms with Crippen molar-refractivity contribution in [2.75, 3.05) is 11.1 Å². The molecule has 3 aromatic rings. The Kier molecular flexibility index (Phi) is 6.09. The molecule has 0 saturated heterocycles. The molecule has 0 aliphatic heterocycles. The van der Waals surface area contributed by atoms with Crippen LogP contribution in [0.15, 0.2) is 29.4 Å². The quantitative estimate of drug-likeness (QED) is 0.514. The molecule has 156 valence electrons. The smallest absolute Gasteiger partial charge is 0.251 e. The highest BCUT2D eigenvalue weighted by Gasteiger charge is 2.27. The Labute approximate surface area is 181 Å². The van der Waals surface area contributed by atoms with E-state index in [2.05, 4.69) is 31.0 Å². The third kappa shape index (κ3) is 5.03. The zero-order valence-corrected chi connectivity index (χ0v) is 18.2. The number of amides is 2. The Morgan fingerprint density at radius 2 is 2.07 bits per heavy atom. The molecule has 0 unspecified atom stereocenters. The van der Waals surface area contributed by atoms with Crippen molar-refractivity contribution in [1.82, 2.24) is 30.3 Å². The normalized spacial score (nSPS) is 13.3. The van der Waals surface area contributed by atoms with Gasteiger partial charge in [-0.1, -0.05) is 40.8 Å². The number of hydrogen-bond donors (Lipinski definition) is 2. The maximum absolute atomic E-state index is 12.3. The largest absolute Gasteiger partial charge is 0.345 e. The third-order valence-corrected chi connectivity index (χ3v) is 6.58. The lowest BCUT2D eigenvalue weighted by Crippen LogP contribution is -2.24. The Bertz CT molecular complexity index is 1070. The first-order valence-corrected chi connectivity index (χ1v) is 11.3. The molecule has 4 rings (SSSR count). The van der Waals surface area contributed by atoms with Crippen molar-refractivity contribution in [3.8, 4) is 0 Å². The Hall–Kier alpha value is -2.79. The summed E-state index contributed by atoms with van der Waals surface area (Å²) in [5.74, 6) is 0.969. The lowest BCUT2D eigenvalue weighted by atomic mass is 10.1. The number of aromatic nitrogens is 5. The second-order valence-electron chi connectivity index (χ2n) is 7.07. The number of rotatable bonds is 8. The number of carbonyl (C=O) groups excluding carboxylic acids is 2. The van der Waals surface area contributed by atoms with Crippen LogP contribution in [0.2, 0.25) is 0 Å². The Morgan fingerprint density at radius 3 is 2.83 bits per heavy atom. The third-order valence-electron chi connectivity index (χ3n) is 4.56. The Balaban J connectivity index is 1.27. The number of anilines is 1. The number of hydrogen-bond acceptors (Lipinski definition) is 8. The molecule has 2 aromatic heterocycles. The molecule has 0 bridgehead atoms. The van der Waals surface area contributed by atoms with E-state index in [1.165, 1.54) is 23.1 Å². The molecule has 1 fully saturated rings. The van der Waals surface area contributed by atoms with Crippen molar-refractivity contribution in [2.24, 2.45) is 7.05 Å². The van der Waals surface area contributed by atoms with Gasteiger partial charge in [-0.3, -0.25) is 14.9 Å². The minimum Gasteiger partial charge on any atom is -0.345 e. The molecule has 0 spiro atoms. The van der Waals surface area contributed by atoms with E-state index < -0.39 is 0 Å². The first-order chi connectivity index (χ1) is 14.5. The van der Waals surface area contributed by atoms with Crippen LogP contribution in [0, 0.1) is 6.92 Å². The standard InChI is InChI=1S/C19H21N7O2S2/c1-11-4-3-5-13(8-11)16(28)20-9-14-22-25-19(26(14)2)29-10-15(27)21-18-24-23-17(30-18)12-6-7-12/h3-5,8,12H,6-7,9-10H2,1-2H3,(H,20,28)(H,21,24,27). The van der Waals surface area contributed by atoms with E-state index in [0.717, 1.165) is 23.4 Å². The molecule has 1 saturated carbocycles. The number of thioether (sulfide) groups is 1. The minimum atomic E-state index is -0.171. The van der Waals surface area contributed by atoms with Crippen LogP contribution in [0.3, 0.4) is 0 Å². The van der Waals surface area contributed by atoms with Gasteiger partial charge in [0.1, 0.15) is 5.01 Å². The first kappa shape index (κ1) is 20.5. The van der Waals surface area contributed by atoms with E-state index >= 15 is 0 Å². The van der Waals surface area contributed by atoms with Crippen LogP contribution < -0.4 is 10.6 Å². The number of nitrogens with one attached hydrogen (secondary N) is 2. The summed E-state index contributed by atoms with van der Waals surface area (Å²) >= 11 is 2.71. The molecule has 2 N–H and O–H groups in total. The van der Waals surface area contributed by atoms with Gasteiger partial charge in [-0.15, -0.1) is 20.4 Å². The van der Waals surface area contributed by atoms with Gasteiger partial charge in [0.25, 0.3) is 5.91 Å². The van der Waals surface area contributed by atoms with E-state index in [9.17, 15) is 9.59 Å². The molecule has 1 aliphatic carbocycles. The fourth-order valence-electron chi connectivity index (χ4n) is 2.74. The molecule has 11 heteroatoms. The van der Waals surface area contributed by atoms with Crippen LogP contribution in [0.4, 0.5) is 5.13 Å². The van der Waals surface area contributed by atoms with Gasteiger partial charge in [0, 0.05) is 18.5 Å². The fraction of sp³-hybridized carbons (Fsp3) is 0.368. The summed E-state index contributed by atoms with van der Waals surface area (Å²) in [6.07, 6.45) is 2.30. The summed E-state index contributed by atoms with van der Waals surface area (Å²) in [6, 6.07) is 7.39. The van der Waals surface area contributed by atoms with Crippen molar-refractivity contribution in [1.29, 1.82) is 0 Å². The zero-order chi connectivity index (χ0) is 21.1. The van der Waals surface area contributed by atoms with Crippen LogP contribution in [-0.2, 0) is 18.4 Å². The average molecular weight is 444 g/mol. The van der Waals surface area contributed by atoms with Crippen molar-refractivity contribution in [2.45, 2.75) is 37.4 Å². The predicted molar refractivity (Wildman–Crippen MR) is 115 cm³/mol. The van der Waals surface area contributed by atoms with E-state index in [4.69, 9.17) is 0 Å². The molecule has 2 heterocycles. The van der Waals surface area contributed by atoms with Gasteiger partial charge in [0.2, 0.25) is 11.0 Å². The number of carbonyl (C=O) groups is 2. The summed E-state index contributed by atoms with van der Waals surface area (Å²) in [5.41, 5.74) is 1.63. The zero-order valence-electron chi connectivity index (χ0n) is 16.6. The van der Waals surface area contributed by atoms with Gasteiger partial charge in [-0.25, -0.2) is 0 Å². The summed E-state index contributed by atoms with van der Waals surface area (Å²) in [7, 11) is 1.81. The highest BCUT2D eigenvalue weighted by Crippen LogP contribution is 2.42. The summed E-state index contributed by atoms with van der Waals surface area (Å²) in [5, 5.41) is 24.1. The molecule has 30 heavy (non-hydrogen) atoms. The number of benzene rings is 1. The van der Waals surface area contributed by atoms with E-state index in [1.54, 1.807) is 17.7 Å². The van der Waals surface area contributed by atoms with Crippen LogP contribution in [0.5, 0.6) is 0 Å². The molecular formula is C19H21N7O2S2. The summed E-state index contributed by atoms with van der Waals surface area (Å²) < 4.78 is 1.77. The number of aryl methyl sites for hydroxylation is 1. The highest BCUT2D eigenvalue weighted by atomic mass is 32.2. The van der Waals surface area contributed by atoms with Crippen LogP contribution >= 0.6 is 23.1 Å². The molecular weight excluding hydrogens is 422 g/mol. The van der Waals surface area contributed by atoms with Gasteiger partial charge in [-0.05, 0) is 31.9 Å². The van der Waals surface area contributed by atoms with Crippen LogP contribution in [0.1, 0.15) is 45.5 Å². The van der Waals surface area contributed by atoms with Gasteiger partial charge < -0.3 is 9.88 Å². The maximum atomic E-state index is 12.3. The van der Waals surface area contributed by atoms with Crippen molar-refractivity contribution < 1.29 is 9.59 Å². The molecule has 0 radical (unpaired) electrons. The maximum Gasteiger partial charge on any atom is 0.251 e. The van der Waals surface area contributed by atoms with Crippen LogP contribution in [-0.4, -0.2) is 42.5 Å². The molecule has 1 aromatic carbocycles. The first-order valence-electron chi connectivity index (χ1n) is 9.49. The topological polar surface area (TPSA) is 115 Å². The van der Waals surface area contributed by atoms with E-state index in [1.807, 2.05) is 25.1 Å². The second kappa shape index (κ2) is 8.92. The fourth-order valence-corrected chi connectivity index (χ4v) is 4.40. The predicted octanol–water partition coefficient (Wildman–Crippen LogP) is 2.51. The molecule has 9 nitrogen and oxygen atoms in total. The lowest BCUT2D eigenvalue weighted by molar-refractivity contribution is -0.113. The molecule has 0 atom stereocenters. The lowest BCUT2D eigenvalue weighted by Gasteiger charge is -2.06. The van der Waals surface area contributed by atoms with Gasteiger partial charge in [0.15, 0.2) is 11.0 Å². The molecule has 1 aliphatic rings.